The van der Waals surface area contributed by atoms with E-state index in [0.717, 1.165) is 6.42 Å². The molecule has 0 N–H and O–H groups in total. The van der Waals surface area contributed by atoms with E-state index in [-0.39, 0.29) is 0 Å². The molecule has 1 heteroatoms. The first kappa shape index (κ1) is 14.6. The third-order valence-electron chi connectivity index (χ3n) is 4.34. The van der Waals surface area contributed by atoms with Crippen LogP contribution in [0.2, 0.25) is 0 Å². The molecule has 0 saturated heterocycles. The van der Waals surface area contributed by atoms with Crippen molar-refractivity contribution in [2.24, 2.45) is 0 Å². The van der Waals surface area contributed by atoms with E-state index in [1.54, 1.807) is 0 Å². The van der Waals surface area contributed by atoms with Crippen LogP contribution in [0.25, 0.3) is 16.7 Å². The SMILES string of the molecule is CCCCc1ccc(-c2cc(Br)cc3c2CC=C3C)cc1. The maximum absolute atomic E-state index is 3.66. The first-order valence-electron chi connectivity index (χ1n) is 7.78. The van der Waals surface area contributed by atoms with Crippen molar-refractivity contribution in [3.8, 4) is 11.1 Å². The molecule has 0 bridgehead atoms. The van der Waals surface area contributed by atoms with Gasteiger partial charge in [0.05, 0.1) is 0 Å². The van der Waals surface area contributed by atoms with Gasteiger partial charge in [-0.25, -0.2) is 0 Å². The maximum atomic E-state index is 3.66. The third-order valence-corrected chi connectivity index (χ3v) is 4.79. The number of hydrogen-bond acceptors (Lipinski definition) is 0. The highest BCUT2D eigenvalue weighted by atomic mass is 79.9. The zero-order valence-electron chi connectivity index (χ0n) is 12.7. The predicted molar refractivity (Wildman–Crippen MR) is 95.5 cm³/mol. The molecule has 0 radical (unpaired) electrons. The highest BCUT2D eigenvalue weighted by Gasteiger charge is 2.16. The third kappa shape index (κ3) is 2.98. The van der Waals surface area contributed by atoms with Gasteiger partial charge in [0, 0.05) is 4.47 Å². The highest BCUT2D eigenvalue weighted by molar-refractivity contribution is 9.10. The summed E-state index contributed by atoms with van der Waals surface area (Å²) in [6, 6.07) is 13.6. The van der Waals surface area contributed by atoms with Crippen LogP contribution in [0.15, 0.2) is 46.9 Å². The molecular weight excluding hydrogens is 320 g/mol. The van der Waals surface area contributed by atoms with Crippen molar-refractivity contribution in [1.82, 2.24) is 0 Å². The van der Waals surface area contributed by atoms with Crippen LogP contribution in [0, 0.1) is 0 Å². The van der Waals surface area contributed by atoms with Crippen LogP contribution in [0.3, 0.4) is 0 Å². The first-order chi connectivity index (χ1) is 10.2. The molecule has 0 heterocycles. The summed E-state index contributed by atoms with van der Waals surface area (Å²) < 4.78 is 1.17. The van der Waals surface area contributed by atoms with Gasteiger partial charge in [0.25, 0.3) is 0 Å². The summed E-state index contributed by atoms with van der Waals surface area (Å²) in [5.41, 5.74) is 8.41. The molecular formula is C20H21Br. The predicted octanol–water partition coefficient (Wildman–Crippen LogP) is 6.42. The summed E-state index contributed by atoms with van der Waals surface area (Å²) in [5, 5.41) is 0. The molecule has 0 fully saturated rings. The number of halogens is 1. The zero-order chi connectivity index (χ0) is 14.8. The van der Waals surface area contributed by atoms with Crippen LogP contribution in [0.1, 0.15) is 43.4 Å². The Balaban J connectivity index is 1.96. The fourth-order valence-corrected chi connectivity index (χ4v) is 3.52. The molecule has 21 heavy (non-hydrogen) atoms. The molecule has 0 amide bonds. The lowest BCUT2D eigenvalue weighted by Gasteiger charge is -2.12. The van der Waals surface area contributed by atoms with Crippen molar-refractivity contribution in [2.45, 2.75) is 39.5 Å². The molecule has 0 unspecified atom stereocenters. The number of rotatable bonds is 4. The summed E-state index contributed by atoms with van der Waals surface area (Å²) in [6.07, 6.45) is 7.10. The molecule has 0 spiro atoms. The van der Waals surface area contributed by atoms with E-state index in [1.165, 1.54) is 57.1 Å². The second-order valence-electron chi connectivity index (χ2n) is 5.87. The van der Waals surface area contributed by atoms with Crippen molar-refractivity contribution in [2.75, 3.05) is 0 Å². The molecule has 0 aliphatic heterocycles. The Bertz CT molecular complexity index is 678. The van der Waals surface area contributed by atoms with Crippen molar-refractivity contribution in [3.63, 3.8) is 0 Å². The lowest BCUT2D eigenvalue weighted by atomic mass is 9.94. The van der Waals surface area contributed by atoms with E-state index in [4.69, 9.17) is 0 Å². The summed E-state index contributed by atoms with van der Waals surface area (Å²) in [5.74, 6) is 0. The molecule has 1 aliphatic carbocycles. The molecule has 2 aromatic rings. The Morgan fingerprint density at radius 1 is 1.05 bits per heavy atom. The van der Waals surface area contributed by atoms with Crippen molar-refractivity contribution in [1.29, 1.82) is 0 Å². The summed E-state index contributed by atoms with van der Waals surface area (Å²) in [4.78, 5) is 0. The second-order valence-corrected chi connectivity index (χ2v) is 6.79. The van der Waals surface area contributed by atoms with Crippen LogP contribution in [0.5, 0.6) is 0 Å². The van der Waals surface area contributed by atoms with E-state index in [9.17, 15) is 0 Å². The smallest absolute Gasteiger partial charge is 0.0187 e. The summed E-state index contributed by atoms with van der Waals surface area (Å²) in [7, 11) is 0. The number of fused-ring (bicyclic) bond motifs is 1. The van der Waals surface area contributed by atoms with Gasteiger partial charge in [-0.2, -0.15) is 0 Å². The monoisotopic (exact) mass is 340 g/mol. The quantitative estimate of drug-likeness (QED) is 0.602. The van der Waals surface area contributed by atoms with Gasteiger partial charge in [-0.15, -0.1) is 0 Å². The minimum Gasteiger partial charge on any atom is -0.0765 e. The number of benzene rings is 2. The largest absolute Gasteiger partial charge is 0.0765 e. The Hall–Kier alpha value is -1.34. The molecule has 0 atom stereocenters. The fourth-order valence-electron chi connectivity index (χ4n) is 3.06. The number of allylic oxidation sites excluding steroid dienone is 2. The first-order valence-corrected chi connectivity index (χ1v) is 8.57. The van der Waals surface area contributed by atoms with Gasteiger partial charge in [-0.1, -0.05) is 59.6 Å². The number of aryl methyl sites for hydroxylation is 1. The lowest BCUT2D eigenvalue weighted by Crippen LogP contribution is -1.91. The minimum atomic E-state index is 1.06. The van der Waals surface area contributed by atoms with Gasteiger partial charge in [0.2, 0.25) is 0 Å². The summed E-state index contributed by atoms with van der Waals surface area (Å²) in [6.45, 7) is 4.45. The molecule has 2 aromatic carbocycles. The van der Waals surface area contributed by atoms with Gasteiger partial charge < -0.3 is 0 Å². The van der Waals surface area contributed by atoms with Gasteiger partial charge in [-0.3, -0.25) is 0 Å². The van der Waals surface area contributed by atoms with Crippen molar-refractivity contribution < 1.29 is 0 Å². The molecule has 1 aliphatic rings. The van der Waals surface area contributed by atoms with Crippen molar-refractivity contribution in [3.05, 3.63) is 63.6 Å². The fraction of sp³-hybridized carbons (Fsp3) is 0.300. The van der Waals surface area contributed by atoms with Crippen LogP contribution < -0.4 is 0 Å². The van der Waals surface area contributed by atoms with Crippen LogP contribution in [0.4, 0.5) is 0 Å². The Labute approximate surface area is 136 Å². The van der Waals surface area contributed by atoms with Crippen LogP contribution in [-0.2, 0) is 12.8 Å². The van der Waals surface area contributed by atoms with E-state index in [0.29, 0.717) is 0 Å². The molecule has 3 rings (SSSR count). The van der Waals surface area contributed by atoms with E-state index in [2.05, 4.69) is 72.3 Å². The van der Waals surface area contributed by atoms with E-state index in [1.807, 2.05) is 0 Å². The minimum absolute atomic E-state index is 1.06. The average molecular weight is 341 g/mol. The molecule has 108 valence electrons. The number of unbranched alkanes of at least 4 members (excludes halogenated alkanes) is 1. The van der Waals surface area contributed by atoms with Gasteiger partial charge in [0.15, 0.2) is 0 Å². The molecule has 0 aromatic heterocycles. The Morgan fingerprint density at radius 2 is 1.76 bits per heavy atom. The summed E-state index contributed by atoms with van der Waals surface area (Å²) >= 11 is 3.66. The van der Waals surface area contributed by atoms with Crippen LogP contribution in [-0.4, -0.2) is 0 Å². The highest BCUT2D eigenvalue weighted by Crippen LogP contribution is 2.37. The normalized spacial score (nSPS) is 13.2. The van der Waals surface area contributed by atoms with E-state index >= 15 is 0 Å². The molecule has 0 saturated carbocycles. The Kier molecular flexibility index (Phi) is 4.30. The number of hydrogen-bond donors (Lipinski definition) is 0. The Morgan fingerprint density at radius 3 is 2.48 bits per heavy atom. The lowest BCUT2D eigenvalue weighted by molar-refractivity contribution is 0.795. The van der Waals surface area contributed by atoms with Gasteiger partial charge >= 0.3 is 0 Å². The van der Waals surface area contributed by atoms with Crippen molar-refractivity contribution >= 4 is 21.5 Å². The standard InChI is InChI=1S/C20H21Br/c1-3-4-5-15-7-9-16(10-8-15)20-13-17(21)12-19-14(2)6-11-18(19)20/h6-10,12-13H,3-5,11H2,1-2H3. The van der Waals surface area contributed by atoms with E-state index < -0.39 is 0 Å². The topological polar surface area (TPSA) is 0 Å². The average Bonchev–Trinajstić information content (AvgIpc) is 2.86. The zero-order valence-corrected chi connectivity index (χ0v) is 14.3. The van der Waals surface area contributed by atoms with Gasteiger partial charge in [0.1, 0.15) is 0 Å². The second kappa shape index (κ2) is 6.19. The maximum Gasteiger partial charge on any atom is 0.0187 e. The van der Waals surface area contributed by atoms with Gasteiger partial charge in [-0.05, 0) is 71.7 Å². The van der Waals surface area contributed by atoms with Crippen LogP contribution >= 0.6 is 15.9 Å². The molecule has 0 nitrogen and oxygen atoms in total.